The van der Waals surface area contributed by atoms with Crippen molar-refractivity contribution in [2.75, 3.05) is 32.9 Å². The molecule has 0 spiro atoms. The van der Waals surface area contributed by atoms with Gasteiger partial charge in [0.25, 0.3) is 5.91 Å². The van der Waals surface area contributed by atoms with Crippen molar-refractivity contribution >= 4 is 11.6 Å². The van der Waals surface area contributed by atoms with E-state index in [0.29, 0.717) is 23.3 Å². The highest BCUT2D eigenvalue weighted by Crippen LogP contribution is 2.22. The second-order valence-corrected chi connectivity index (χ2v) is 4.92. The highest BCUT2D eigenvalue weighted by Gasteiger charge is 2.34. The molecule has 2 unspecified atom stereocenters. The molecule has 0 bridgehead atoms. The maximum Gasteiger partial charge on any atom is 0.274 e. The number of nitrogen functional groups attached to an aromatic ring is 1. The van der Waals surface area contributed by atoms with Gasteiger partial charge in [-0.15, -0.1) is 0 Å². The molecule has 2 atom stereocenters. The minimum absolute atomic E-state index is 0.0591. The summed E-state index contributed by atoms with van der Waals surface area (Å²) in [6, 6.07) is 0.406. The first kappa shape index (κ1) is 11.9. The third kappa shape index (κ3) is 2.12. The van der Waals surface area contributed by atoms with Crippen molar-refractivity contribution < 1.29 is 4.79 Å². The maximum absolute atomic E-state index is 12.2. The minimum Gasteiger partial charge on any atom is -0.396 e. The summed E-state index contributed by atoms with van der Waals surface area (Å²) < 4.78 is 0. The van der Waals surface area contributed by atoms with Crippen molar-refractivity contribution in [2.24, 2.45) is 5.92 Å². The number of nitrogens with one attached hydrogen (secondary N) is 1. The molecule has 2 heterocycles. The first-order valence-electron chi connectivity index (χ1n) is 5.75. The van der Waals surface area contributed by atoms with Crippen LogP contribution in [0.1, 0.15) is 17.4 Å². The third-order valence-corrected chi connectivity index (χ3v) is 3.41. The zero-order valence-corrected chi connectivity index (χ0v) is 10.5. The fraction of sp³-hybridized carbons (Fsp3) is 0.636. The standard InChI is InChI=1S/C11H19N5O/c1-7-5-16(6-9(7)15(2)3)11(17)10-8(12)4-13-14-10/h4,7,9H,5-6,12H2,1-3H3,(H,13,14). The maximum atomic E-state index is 12.2. The van der Waals surface area contributed by atoms with Crippen LogP contribution in [0.2, 0.25) is 0 Å². The van der Waals surface area contributed by atoms with Gasteiger partial charge in [-0.3, -0.25) is 9.89 Å². The third-order valence-electron chi connectivity index (χ3n) is 3.41. The number of hydrogen-bond donors (Lipinski definition) is 2. The van der Waals surface area contributed by atoms with Crippen LogP contribution in [0.4, 0.5) is 5.69 Å². The Morgan fingerprint density at radius 2 is 2.29 bits per heavy atom. The number of likely N-dealkylation sites (N-methyl/N-ethyl adjacent to an activating group) is 1. The van der Waals surface area contributed by atoms with Crippen LogP contribution in [-0.4, -0.2) is 59.1 Å². The van der Waals surface area contributed by atoms with Gasteiger partial charge in [-0.1, -0.05) is 6.92 Å². The molecule has 1 aromatic rings. The lowest BCUT2D eigenvalue weighted by Gasteiger charge is -2.22. The Bertz CT molecular complexity index is 414. The van der Waals surface area contributed by atoms with Gasteiger partial charge in [0.1, 0.15) is 5.69 Å². The van der Waals surface area contributed by atoms with Crippen LogP contribution in [0.5, 0.6) is 0 Å². The van der Waals surface area contributed by atoms with Gasteiger partial charge >= 0.3 is 0 Å². The first-order valence-corrected chi connectivity index (χ1v) is 5.75. The molecular weight excluding hydrogens is 218 g/mol. The van der Waals surface area contributed by atoms with Crippen molar-refractivity contribution in [3.8, 4) is 0 Å². The normalized spacial score (nSPS) is 24.6. The molecule has 1 aromatic heterocycles. The molecule has 3 N–H and O–H groups in total. The Kier molecular flexibility index (Phi) is 3.06. The summed E-state index contributed by atoms with van der Waals surface area (Å²) in [7, 11) is 4.08. The molecule has 1 aliphatic heterocycles. The summed E-state index contributed by atoms with van der Waals surface area (Å²) in [5, 5.41) is 6.44. The molecule has 94 valence electrons. The number of nitrogens with zero attached hydrogens (tertiary/aromatic N) is 3. The molecule has 1 amide bonds. The SMILES string of the molecule is CC1CN(C(=O)c2[nH]ncc2N)CC1N(C)C. The summed E-state index contributed by atoms with van der Waals surface area (Å²) >= 11 is 0. The number of aromatic amines is 1. The van der Waals surface area contributed by atoms with E-state index in [1.165, 1.54) is 6.20 Å². The summed E-state index contributed by atoms with van der Waals surface area (Å²) in [4.78, 5) is 16.2. The van der Waals surface area contributed by atoms with Crippen LogP contribution in [0.25, 0.3) is 0 Å². The van der Waals surface area contributed by atoms with Crippen LogP contribution in [0.3, 0.4) is 0 Å². The predicted molar refractivity (Wildman–Crippen MR) is 65.5 cm³/mol. The number of carbonyl (C=O) groups is 1. The summed E-state index contributed by atoms with van der Waals surface area (Å²) in [6.45, 7) is 3.67. The molecule has 0 aliphatic carbocycles. The van der Waals surface area contributed by atoms with Gasteiger partial charge in [-0.25, -0.2) is 0 Å². The van der Waals surface area contributed by atoms with Crippen LogP contribution in [-0.2, 0) is 0 Å². The van der Waals surface area contributed by atoms with E-state index in [0.717, 1.165) is 13.1 Å². The van der Waals surface area contributed by atoms with E-state index in [-0.39, 0.29) is 5.91 Å². The number of amides is 1. The smallest absolute Gasteiger partial charge is 0.274 e. The van der Waals surface area contributed by atoms with Gasteiger partial charge in [0.2, 0.25) is 0 Å². The molecule has 1 fully saturated rings. The van der Waals surface area contributed by atoms with Crippen molar-refractivity contribution in [2.45, 2.75) is 13.0 Å². The fourth-order valence-electron chi connectivity index (χ4n) is 2.41. The Morgan fingerprint density at radius 3 is 2.76 bits per heavy atom. The van der Waals surface area contributed by atoms with E-state index in [4.69, 9.17) is 5.73 Å². The van der Waals surface area contributed by atoms with Crippen LogP contribution in [0, 0.1) is 5.92 Å². The predicted octanol–water partition coefficient (Wildman–Crippen LogP) is 0.0140. The van der Waals surface area contributed by atoms with E-state index in [1.807, 2.05) is 19.0 Å². The van der Waals surface area contributed by atoms with Crippen molar-refractivity contribution in [1.29, 1.82) is 0 Å². The van der Waals surface area contributed by atoms with E-state index in [2.05, 4.69) is 22.0 Å². The number of nitrogens with two attached hydrogens (primary N) is 1. The monoisotopic (exact) mass is 237 g/mol. The van der Waals surface area contributed by atoms with Gasteiger partial charge in [0, 0.05) is 19.1 Å². The molecule has 0 aromatic carbocycles. The molecule has 6 heteroatoms. The lowest BCUT2D eigenvalue weighted by molar-refractivity contribution is 0.0776. The second kappa shape index (κ2) is 4.37. The van der Waals surface area contributed by atoms with Crippen LogP contribution in [0.15, 0.2) is 6.20 Å². The number of carbonyl (C=O) groups excluding carboxylic acids is 1. The van der Waals surface area contributed by atoms with Crippen LogP contribution < -0.4 is 5.73 Å². The number of likely N-dealkylation sites (tertiary alicyclic amines) is 1. The molecule has 1 aliphatic rings. The zero-order valence-electron chi connectivity index (χ0n) is 10.5. The topological polar surface area (TPSA) is 78.2 Å². The summed E-state index contributed by atoms with van der Waals surface area (Å²) in [5.74, 6) is 0.411. The van der Waals surface area contributed by atoms with Gasteiger partial charge in [0.15, 0.2) is 0 Å². The van der Waals surface area contributed by atoms with E-state index in [9.17, 15) is 4.79 Å². The van der Waals surface area contributed by atoms with E-state index < -0.39 is 0 Å². The second-order valence-electron chi connectivity index (χ2n) is 4.92. The van der Waals surface area contributed by atoms with Crippen molar-refractivity contribution in [3.63, 3.8) is 0 Å². The number of aromatic nitrogens is 2. The molecule has 0 radical (unpaired) electrons. The molecular formula is C11H19N5O. The van der Waals surface area contributed by atoms with Gasteiger partial charge in [0.05, 0.1) is 11.9 Å². The van der Waals surface area contributed by atoms with Gasteiger partial charge in [-0.2, -0.15) is 5.10 Å². The highest BCUT2D eigenvalue weighted by molar-refractivity contribution is 5.97. The van der Waals surface area contributed by atoms with Crippen molar-refractivity contribution in [3.05, 3.63) is 11.9 Å². The molecule has 2 rings (SSSR count). The van der Waals surface area contributed by atoms with Gasteiger partial charge < -0.3 is 15.5 Å². The van der Waals surface area contributed by atoms with Gasteiger partial charge in [-0.05, 0) is 20.0 Å². The lowest BCUT2D eigenvalue weighted by atomic mass is 10.1. The highest BCUT2D eigenvalue weighted by atomic mass is 16.2. The fourth-order valence-corrected chi connectivity index (χ4v) is 2.41. The Labute approximate surface area is 101 Å². The van der Waals surface area contributed by atoms with Crippen molar-refractivity contribution in [1.82, 2.24) is 20.0 Å². The minimum atomic E-state index is -0.0591. The summed E-state index contributed by atoms with van der Waals surface area (Å²) in [5.41, 5.74) is 6.50. The lowest BCUT2D eigenvalue weighted by Crippen LogP contribution is -2.36. The average molecular weight is 237 g/mol. The molecule has 6 nitrogen and oxygen atoms in total. The quantitative estimate of drug-likeness (QED) is 0.759. The molecule has 17 heavy (non-hydrogen) atoms. The van der Waals surface area contributed by atoms with E-state index in [1.54, 1.807) is 0 Å². The number of hydrogen-bond acceptors (Lipinski definition) is 4. The molecule has 0 saturated carbocycles. The largest absolute Gasteiger partial charge is 0.396 e. The van der Waals surface area contributed by atoms with Crippen LogP contribution >= 0.6 is 0 Å². The number of H-pyrrole nitrogens is 1. The summed E-state index contributed by atoms with van der Waals surface area (Å²) in [6.07, 6.45) is 1.47. The Balaban J connectivity index is 2.11. The Morgan fingerprint density at radius 1 is 1.59 bits per heavy atom. The van der Waals surface area contributed by atoms with E-state index >= 15 is 0 Å². The zero-order chi connectivity index (χ0) is 12.6. The number of anilines is 1. The first-order chi connectivity index (χ1) is 8.00. The average Bonchev–Trinajstić information content (AvgIpc) is 2.83. The molecule has 1 saturated heterocycles. The Hall–Kier alpha value is -1.56. The number of rotatable bonds is 2.